The minimum absolute atomic E-state index is 0.110. The molecule has 1 rings (SSSR count). The van der Waals surface area contributed by atoms with E-state index < -0.39 is 0 Å². The summed E-state index contributed by atoms with van der Waals surface area (Å²) in [5, 5.41) is 12.6. The number of hydrogen-bond acceptors (Lipinski definition) is 5. The quantitative estimate of drug-likeness (QED) is 0.616. The predicted molar refractivity (Wildman–Crippen MR) is 70.4 cm³/mol. The summed E-state index contributed by atoms with van der Waals surface area (Å²) in [5.74, 6) is -0.160. The number of aliphatic hydroxyl groups is 1. The van der Waals surface area contributed by atoms with Gasteiger partial charge in [-0.2, -0.15) is 0 Å². The van der Waals surface area contributed by atoms with Crippen LogP contribution in [-0.2, 0) is 9.53 Å². The molecule has 0 aromatic carbocycles. The van der Waals surface area contributed by atoms with Crippen molar-refractivity contribution in [2.24, 2.45) is 0 Å². The summed E-state index contributed by atoms with van der Waals surface area (Å²) in [5.41, 5.74) is 0. The lowest BCUT2D eigenvalue weighted by Gasteiger charge is -2.30. The van der Waals surface area contributed by atoms with E-state index in [1.54, 1.807) is 0 Å². The minimum Gasteiger partial charge on any atom is -0.466 e. The van der Waals surface area contributed by atoms with E-state index in [4.69, 9.17) is 9.84 Å². The van der Waals surface area contributed by atoms with E-state index in [2.05, 4.69) is 10.2 Å². The molecule has 1 saturated heterocycles. The molecule has 1 aliphatic rings. The second kappa shape index (κ2) is 8.45. The Balaban J connectivity index is 2.40. The average Bonchev–Trinajstić information content (AvgIpc) is 2.81. The highest BCUT2D eigenvalue weighted by Crippen LogP contribution is 2.11. The molecule has 0 saturated carbocycles. The lowest BCUT2D eigenvalue weighted by molar-refractivity contribution is -0.144. The fraction of sp³-hybridized carbons (Fsp3) is 0.923. The van der Waals surface area contributed by atoms with Crippen LogP contribution in [0.5, 0.6) is 0 Å². The fourth-order valence-corrected chi connectivity index (χ4v) is 2.41. The first kappa shape index (κ1) is 15.4. The first-order valence-electron chi connectivity index (χ1n) is 6.91. The summed E-state index contributed by atoms with van der Waals surface area (Å²) < 4.78 is 4.97. The normalized spacial score (nSPS) is 21.2. The molecule has 0 radical (unpaired) electrons. The van der Waals surface area contributed by atoms with Crippen LogP contribution in [0.3, 0.4) is 0 Å². The predicted octanol–water partition coefficient (Wildman–Crippen LogP) is 0.374. The molecule has 0 bridgehead atoms. The number of esters is 1. The van der Waals surface area contributed by atoms with Gasteiger partial charge in [0.2, 0.25) is 0 Å². The van der Waals surface area contributed by atoms with Crippen molar-refractivity contribution in [2.45, 2.75) is 45.2 Å². The zero-order chi connectivity index (χ0) is 13.4. The molecule has 1 heterocycles. The number of nitrogens with zero attached hydrogens (tertiary/aromatic N) is 1. The summed E-state index contributed by atoms with van der Waals surface area (Å²) in [7, 11) is 0. The molecule has 0 spiro atoms. The standard InChI is InChI=1S/C13H26N2O3/c1-3-18-13(17)9-11(2)15(7-8-16)10-12-5-4-6-14-12/h11-12,14,16H,3-10H2,1-2H3. The van der Waals surface area contributed by atoms with Crippen LogP contribution in [0.25, 0.3) is 0 Å². The molecule has 18 heavy (non-hydrogen) atoms. The minimum atomic E-state index is -0.160. The van der Waals surface area contributed by atoms with E-state index in [0.717, 1.165) is 13.1 Å². The molecule has 0 aromatic heterocycles. The Bertz CT molecular complexity index is 242. The van der Waals surface area contributed by atoms with Crippen LogP contribution in [-0.4, -0.2) is 60.9 Å². The molecule has 2 N–H and O–H groups in total. The number of rotatable bonds is 8. The molecule has 1 fully saturated rings. The molecule has 5 nitrogen and oxygen atoms in total. The van der Waals surface area contributed by atoms with Crippen LogP contribution in [0.1, 0.15) is 33.1 Å². The highest BCUT2D eigenvalue weighted by Gasteiger charge is 2.22. The summed E-state index contributed by atoms with van der Waals surface area (Å²) in [6.07, 6.45) is 2.78. The monoisotopic (exact) mass is 258 g/mol. The molecular formula is C13H26N2O3. The third-order valence-electron chi connectivity index (χ3n) is 3.40. The van der Waals surface area contributed by atoms with Gasteiger partial charge in [-0.1, -0.05) is 0 Å². The average molecular weight is 258 g/mol. The van der Waals surface area contributed by atoms with Crippen molar-refractivity contribution in [3.05, 3.63) is 0 Å². The molecular weight excluding hydrogens is 232 g/mol. The molecule has 106 valence electrons. The van der Waals surface area contributed by atoms with Crippen LogP contribution in [0.2, 0.25) is 0 Å². The molecule has 1 aliphatic heterocycles. The Morgan fingerprint density at radius 1 is 1.61 bits per heavy atom. The van der Waals surface area contributed by atoms with Crippen LogP contribution < -0.4 is 5.32 Å². The van der Waals surface area contributed by atoms with Gasteiger partial charge in [0.1, 0.15) is 0 Å². The first-order chi connectivity index (χ1) is 8.67. The van der Waals surface area contributed by atoms with Crippen molar-refractivity contribution in [3.8, 4) is 0 Å². The molecule has 2 unspecified atom stereocenters. The van der Waals surface area contributed by atoms with Gasteiger partial charge in [0, 0.05) is 25.2 Å². The van der Waals surface area contributed by atoms with Gasteiger partial charge in [-0.3, -0.25) is 9.69 Å². The second-order valence-corrected chi connectivity index (χ2v) is 4.87. The van der Waals surface area contributed by atoms with E-state index in [0.29, 0.717) is 25.6 Å². The van der Waals surface area contributed by atoms with Crippen molar-refractivity contribution in [1.82, 2.24) is 10.2 Å². The SMILES string of the molecule is CCOC(=O)CC(C)N(CCO)CC1CCCN1. The highest BCUT2D eigenvalue weighted by molar-refractivity contribution is 5.70. The summed E-state index contributed by atoms with van der Waals surface area (Å²) in [4.78, 5) is 13.6. The summed E-state index contributed by atoms with van der Waals surface area (Å²) in [6, 6.07) is 0.597. The van der Waals surface area contributed by atoms with E-state index in [1.165, 1.54) is 12.8 Å². The Kier molecular flexibility index (Phi) is 7.23. The van der Waals surface area contributed by atoms with Crippen molar-refractivity contribution >= 4 is 5.97 Å². The van der Waals surface area contributed by atoms with E-state index in [9.17, 15) is 4.79 Å². The van der Waals surface area contributed by atoms with Crippen molar-refractivity contribution in [2.75, 3.05) is 32.8 Å². The molecule has 2 atom stereocenters. The van der Waals surface area contributed by atoms with E-state index in [-0.39, 0.29) is 18.6 Å². The maximum atomic E-state index is 11.5. The number of hydrogen-bond donors (Lipinski definition) is 2. The van der Waals surface area contributed by atoms with Gasteiger partial charge < -0.3 is 15.2 Å². The smallest absolute Gasteiger partial charge is 0.307 e. The van der Waals surface area contributed by atoms with Gasteiger partial charge in [0.25, 0.3) is 0 Å². The van der Waals surface area contributed by atoms with Crippen LogP contribution in [0.15, 0.2) is 0 Å². The van der Waals surface area contributed by atoms with E-state index in [1.807, 2.05) is 13.8 Å². The van der Waals surface area contributed by atoms with Gasteiger partial charge in [0.15, 0.2) is 0 Å². The number of ether oxygens (including phenoxy) is 1. The maximum absolute atomic E-state index is 11.5. The van der Waals surface area contributed by atoms with Gasteiger partial charge >= 0.3 is 5.97 Å². The van der Waals surface area contributed by atoms with Crippen molar-refractivity contribution < 1.29 is 14.6 Å². The zero-order valence-corrected chi connectivity index (χ0v) is 11.5. The van der Waals surface area contributed by atoms with Crippen molar-refractivity contribution in [1.29, 1.82) is 0 Å². The molecule has 0 aromatic rings. The molecule has 0 aliphatic carbocycles. The van der Waals surface area contributed by atoms with Crippen molar-refractivity contribution in [3.63, 3.8) is 0 Å². The molecule has 0 amide bonds. The Morgan fingerprint density at radius 3 is 2.94 bits per heavy atom. The van der Waals surface area contributed by atoms with E-state index >= 15 is 0 Å². The van der Waals surface area contributed by atoms with Crippen LogP contribution >= 0.6 is 0 Å². The molecule has 5 heteroatoms. The lowest BCUT2D eigenvalue weighted by atomic mass is 10.1. The fourth-order valence-electron chi connectivity index (χ4n) is 2.41. The van der Waals surface area contributed by atoms with Gasteiger partial charge in [-0.15, -0.1) is 0 Å². The van der Waals surface area contributed by atoms with Crippen LogP contribution in [0.4, 0.5) is 0 Å². The Hall–Kier alpha value is -0.650. The highest BCUT2D eigenvalue weighted by atomic mass is 16.5. The van der Waals surface area contributed by atoms with Gasteiger partial charge in [-0.05, 0) is 33.2 Å². The Morgan fingerprint density at radius 2 is 2.39 bits per heavy atom. The number of carbonyl (C=O) groups is 1. The maximum Gasteiger partial charge on any atom is 0.307 e. The lowest BCUT2D eigenvalue weighted by Crippen LogP contribution is -2.44. The third kappa shape index (κ3) is 5.33. The third-order valence-corrected chi connectivity index (χ3v) is 3.40. The number of carbonyl (C=O) groups excluding carboxylic acids is 1. The van der Waals surface area contributed by atoms with Gasteiger partial charge in [0.05, 0.1) is 19.6 Å². The summed E-state index contributed by atoms with van der Waals surface area (Å²) in [6.45, 7) is 6.96. The van der Waals surface area contributed by atoms with Crippen LogP contribution in [0, 0.1) is 0 Å². The zero-order valence-electron chi connectivity index (χ0n) is 11.5. The van der Waals surface area contributed by atoms with Gasteiger partial charge in [-0.25, -0.2) is 0 Å². The second-order valence-electron chi connectivity index (χ2n) is 4.87. The summed E-state index contributed by atoms with van der Waals surface area (Å²) >= 11 is 0. The largest absolute Gasteiger partial charge is 0.466 e. The number of aliphatic hydroxyl groups excluding tert-OH is 1. The first-order valence-corrected chi connectivity index (χ1v) is 6.91. The number of nitrogens with one attached hydrogen (secondary N) is 1. The topological polar surface area (TPSA) is 61.8 Å². The Labute approximate surface area is 109 Å².